The molecule has 0 amide bonds. The van der Waals surface area contributed by atoms with E-state index in [1.54, 1.807) is 17.4 Å². The lowest BCUT2D eigenvalue weighted by molar-refractivity contribution is 0.347. The van der Waals surface area contributed by atoms with Crippen molar-refractivity contribution in [2.24, 2.45) is 5.10 Å². The number of nitrogens with two attached hydrogens (primary N) is 1. The van der Waals surface area contributed by atoms with E-state index >= 15 is 0 Å². The highest BCUT2D eigenvalue weighted by Crippen LogP contribution is 2.28. The molecule has 0 spiro atoms. The molecule has 0 aliphatic carbocycles. The van der Waals surface area contributed by atoms with Gasteiger partial charge in [0.05, 0.1) is 11.4 Å². The van der Waals surface area contributed by atoms with Gasteiger partial charge >= 0.3 is 0 Å². The van der Waals surface area contributed by atoms with Crippen LogP contribution in [-0.2, 0) is 0 Å². The number of hydrogen-bond acceptors (Lipinski definition) is 6. The van der Waals surface area contributed by atoms with Crippen molar-refractivity contribution in [2.45, 2.75) is 33.1 Å². The van der Waals surface area contributed by atoms with Gasteiger partial charge < -0.3 is 10.6 Å². The van der Waals surface area contributed by atoms with Gasteiger partial charge in [-0.25, -0.2) is 15.0 Å². The van der Waals surface area contributed by atoms with Crippen molar-refractivity contribution in [1.82, 2.24) is 19.9 Å². The van der Waals surface area contributed by atoms with Crippen molar-refractivity contribution in [3.05, 3.63) is 72.5 Å². The fraction of sp³-hybridized carbons (Fsp3) is 0.318. The maximum Gasteiger partial charge on any atom is 0.220 e. The van der Waals surface area contributed by atoms with Gasteiger partial charge in [-0.2, -0.15) is 5.10 Å². The van der Waals surface area contributed by atoms with Crippen LogP contribution in [0.4, 0.5) is 5.95 Å². The van der Waals surface area contributed by atoms with Crippen molar-refractivity contribution in [3.8, 4) is 0 Å². The third kappa shape index (κ3) is 5.42. The smallest absolute Gasteiger partial charge is 0.220 e. The molecule has 148 valence electrons. The molecule has 2 aliphatic rings. The molecule has 6 heteroatoms. The van der Waals surface area contributed by atoms with Crippen LogP contribution in [0.25, 0.3) is 5.57 Å². The number of nitrogen functional groups attached to an aromatic ring is 1. The van der Waals surface area contributed by atoms with Crippen LogP contribution in [0, 0.1) is 6.92 Å². The average molecular weight is 379 g/mol. The third-order valence-corrected chi connectivity index (χ3v) is 4.67. The second kappa shape index (κ2) is 9.69. The summed E-state index contributed by atoms with van der Waals surface area (Å²) in [4.78, 5) is 10.4. The largest absolute Gasteiger partial charge is 0.378 e. The molecule has 0 atom stereocenters. The molecule has 1 aromatic heterocycles. The Kier molecular flexibility index (Phi) is 7.32. The SMILES string of the molecule is C=C(C1=CC(=C)N(/N=C\C)C=C1)c1cnc(N)nc1C.C=C1CCCCN1C. The number of anilines is 1. The number of piperidine rings is 1. The Bertz CT molecular complexity index is 847. The molecule has 0 bridgehead atoms. The molecule has 1 saturated heterocycles. The average Bonchev–Trinajstić information content (AvgIpc) is 2.66. The molecule has 2 N–H and O–H groups in total. The van der Waals surface area contributed by atoms with E-state index in [2.05, 4.69) is 46.8 Å². The van der Waals surface area contributed by atoms with Crippen molar-refractivity contribution >= 4 is 17.7 Å². The number of hydrogen-bond donors (Lipinski definition) is 1. The van der Waals surface area contributed by atoms with E-state index in [1.165, 1.54) is 31.5 Å². The standard InChI is InChI=1S/C15H17N5.C7H13N/c1-5-18-20-7-6-13(8-10(20)2)11(3)14-9-17-15(16)19-12(14)4;1-7-5-3-4-6-8(7)2/h5-9H,2-3H2,1,4H3,(H2,16,17,19);1,3-6H2,2H3/b18-5-;. The first-order valence-electron chi connectivity index (χ1n) is 9.37. The van der Waals surface area contributed by atoms with E-state index < -0.39 is 0 Å². The molecule has 2 aliphatic heterocycles. The van der Waals surface area contributed by atoms with Crippen LogP contribution in [0.15, 0.2) is 66.4 Å². The first kappa shape index (κ1) is 21.2. The highest BCUT2D eigenvalue weighted by atomic mass is 15.4. The molecule has 28 heavy (non-hydrogen) atoms. The Balaban J connectivity index is 0.000000292. The summed E-state index contributed by atoms with van der Waals surface area (Å²) in [5.74, 6) is 0.264. The summed E-state index contributed by atoms with van der Waals surface area (Å²) < 4.78 is 0. The summed E-state index contributed by atoms with van der Waals surface area (Å²) >= 11 is 0. The van der Waals surface area contributed by atoms with Crippen LogP contribution in [0.1, 0.15) is 37.4 Å². The number of hydrazone groups is 1. The van der Waals surface area contributed by atoms with E-state index in [4.69, 9.17) is 5.73 Å². The maximum atomic E-state index is 5.56. The van der Waals surface area contributed by atoms with Crippen LogP contribution in [-0.4, -0.2) is 39.7 Å². The van der Waals surface area contributed by atoms with Crippen molar-refractivity contribution in [2.75, 3.05) is 19.3 Å². The molecule has 1 aromatic rings. The van der Waals surface area contributed by atoms with Gasteiger partial charge in [0, 0.05) is 43.5 Å². The second-order valence-corrected chi connectivity index (χ2v) is 6.78. The highest BCUT2D eigenvalue weighted by Gasteiger charge is 2.13. The van der Waals surface area contributed by atoms with E-state index in [0.29, 0.717) is 0 Å². The van der Waals surface area contributed by atoms with Gasteiger partial charge in [0.1, 0.15) is 0 Å². The van der Waals surface area contributed by atoms with Crippen LogP contribution in [0.5, 0.6) is 0 Å². The summed E-state index contributed by atoms with van der Waals surface area (Å²) in [7, 11) is 2.11. The fourth-order valence-corrected chi connectivity index (χ4v) is 2.93. The van der Waals surface area contributed by atoms with Gasteiger partial charge in [0.25, 0.3) is 0 Å². The lowest BCUT2D eigenvalue weighted by Crippen LogP contribution is -2.22. The highest BCUT2D eigenvalue weighted by molar-refractivity contribution is 5.82. The zero-order valence-electron chi connectivity index (χ0n) is 17.1. The minimum atomic E-state index is 0.264. The van der Waals surface area contributed by atoms with Crippen molar-refractivity contribution in [3.63, 3.8) is 0 Å². The molecule has 1 fully saturated rings. The second-order valence-electron chi connectivity index (χ2n) is 6.78. The Morgan fingerprint density at radius 3 is 2.61 bits per heavy atom. The van der Waals surface area contributed by atoms with E-state index in [9.17, 15) is 0 Å². The van der Waals surface area contributed by atoms with Crippen LogP contribution >= 0.6 is 0 Å². The van der Waals surface area contributed by atoms with Gasteiger partial charge in [-0.15, -0.1) is 0 Å². The molecule has 3 rings (SSSR count). The molecule has 3 heterocycles. The normalized spacial score (nSPS) is 16.8. The first-order chi connectivity index (χ1) is 13.3. The summed E-state index contributed by atoms with van der Waals surface area (Å²) in [6, 6.07) is 0. The van der Waals surface area contributed by atoms with Crippen LogP contribution in [0.3, 0.4) is 0 Å². The number of likely N-dealkylation sites (tertiary alicyclic amines) is 1. The van der Waals surface area contributed by atoms with Gasteiger partial charge in [-0.1, -0.05) is 19.7 Å². The fourth-order valence-electron chi connectivity index (χ4n) is 2.93. The van der Waals surface area contributed by atoms with E-state index in [0.717, 1.165) is 28.1 Å². The maximum absolute atomic E-state index is 5.56. The lowest BCUT2D eigenvalue weighted by atomic mass is 9.97. The summed E-state index contributed by atoms with van der Waals surface area (Å²) in [6.07, 6.45) is 13.0. The minimum Gasteiger partial charge on any atom is -0.378 e. The van der Waals surface area contributed by atoms with Crippen LogP contribution in [0.2, 0.25) is 0 Å². The predicted octanol–water partition coefficient (Wildman–Crippen LogP) is 4.27. The number of aromatic nitrogens is 2. The van der Waals surface area contributed by atoms with E-state index in [-0.39, 0.29) is 5.95 Å². The zero-order valence-corrected chi connectivity index (χ0v) is 17.1. The Labute approximate surface area is 168 Å². The minimum absolute atomic E-state index is 0.264. The first-order valence-corrected chi connectivity index (χ1v) is 9.37. The van der Waals surface area contributed by atoms with Gasteiger partial charge in [-0.3, -0.25) is 0 Å². The van der Waals surface area contributed by atoms with Gasteiger partial charge in [0.15, 0.2) is 0 Å². The zero-order chi connectivity index (χ0) is 20.7. The van der Waals surface area contributed by atoms with Gasteiger partial charge in [-0.05, 0) is 56.4 Å². The van der Waals surface area contributed by atoms with Crippen molar-refractivity contribution < 1.29 is 0 Å². The van der Waals surface area contributed by atoms with E-state index in [1.807, 2.05) is 32.2 Å². The molecular formula is C22H30N6. The number of allylic oxidation sites excluding steroid dienone is 5. The molecule has 0 saturated carbocycles. The Hall–Kier alpha value is -3.15. The molecule has 6 nitrogen and oxygen atoms in total. The number of nitrogens with zero attached hydrogens (tertiary/aromatic N) is 5. The molecular weight excluding hydrogens is 348 g/mol. The summed E-state index contributed by atoms with van der Waals surface area (Å²) in [6.45, 7) is 16.9. The molecule has 0 unspecified atom stereocenters. The predicted molar refractivity (Wildman–Crippen MR) is 118 cm³/mol. The van der Waals surface area contributed by atoms with Crippen LogP contribution < -0.4 is 5.73 Å². The summed E-state index contributed by atoms with van der Waals surface area (Å²) in [5, 5.41) is 5.86. The van der Waals surface area contributed by atoms with Crippen molar-refractivity contribution in [1.29, 1.82) is 0 Å². The topological polar surface area (TPSA) is 70.6 Å². The quantitative estimate of drug-likeness (QED) is 0.795. The number of aryl methyl sites for hydroxylation is 1. The van der Waals surface area contributed by atoms with Gasteiger partial charge in [0.2, 0.25) is 5.95 Å². The third-order valence-electron chi connectivity index (χ3n) is 4.67. The number of rotatable bonds is 3. The molecule has 0 radical (unpaired) electrons. The Morgan fingerprint density at radius 1 is 1.32 bits per heavy atom. The lowest BCUT2D eigenvalue weighted by Gasteiger charge is -2.26. The summed E-state index contributed by atoms with van der Waals surface area (Å²) in [5.41, 5.74) is 11.1. The Morgan fingerprint density at radius 2 is 2.07 bits per heavy atom. The monoisotopic (exact) mass is 378 g/mol. The molecule has 0 aromatic carbocycles.